The second kappa shape index (κ2) is 8.92. The highest BCUT2D eigenvalue weighted by molar-refractivity contribution is 6.42. The second-order valence-electron chi connectivity index (χ2n) is 5.18. The van der Waals surface area contributed by atoms with Gasteiger partial charge in [0.25, 0.3) is 0 Å². The Balaban J connectivity index is 1.82. The van der Waals surface area contributed by atoms with Crippen LogP contribution in [0.5, 0.6) is 5.75 Å². The minimum Gasteiger partial charge on any atom is -0.494 e. The average molecular weight is 338 g/mol. The maximum atomic E-state index is 6.00. The summed E-state index contributed by atoms with van der Waals surface area (Å²) in [6.45, 7) is 3.71. The van der Waals surface area contributed by atoms with E-state index in [4.69, 9.17) is 27.9 Å². The quantitative estimate of drug-likeness (QED) is 0.581. The molecular weight excluding hydrogens is 317 g/mol. The summed E-state index contributed by atoms with van der Waals surface area (Å²) in [4.78, 5) is 0. The number of halogens is 2. The Morgan fingerprint density at radius 2 is 1.73 bits per heavy atom. The van der Waals surface area contributed by atoms with Gasteiger partial charge in [-0.25, -0.2) is 0 Å². The minimum atomic E-state index is 0.558. The molecular formula is C18H21Cl2NO. The Bertz CT molecular complexity index is 584. The number of benzene rings is 2. The van der Waals surface area contributed by atoms with Gasteiger partial charge in [0.05, 0.1) is 16.7 Å². The molecule has 0 saturated carbocycles. The fraction of sp³-hybridized carbons (Fsp3) is 0.333. The van der Waals surface area contributed by atoms with Crippen LogP contribution in [-0.2, 0) is 6.54 Å². The van der Waals surface area contributed by atoms with Gasteiger partial charge in [-0.1, -0.05) is 55.1 Å². The zero-order chi connectivity index (χ0) is 15.8. The molecule has 2 aromatic carbocycles. The molecule has 2 rings (SSSR count). The lowest BCUT2D eigenvalue weighted by atomic mass is 10.2. The zero-order valence-corrected chi connectivity index (χ0v) is 14.3. The molecule has 0 bridgehead atoms. The van der Waals surface area contributed by atoms with Gasteiger partial charge in [-0.15, -0.1) is 0 Å². The molecule has 0 unspecified atom stereocenters. The third-order valence-electron chi connectivity index (χ3n) is 3.36. The van der Waals surface area contributed by atoms with Crippen molar-refractivity contribution in [2.24, 2.45) is 0 Å². The van der Waals surface area contributed by atoms with Crippen LogP contribution in [0.15, 0.2) is 42.5 Å². The third-order valence-corrected chi connectivity index (χ3v) is 4.10. The Kier molecular flexibility index (Phi) is 6.88. The van der Waals surface area contributed by atoms with E-state index in [9.17, 15) is 0 Å². The van der Waals surface area contributed by atoms with Crippen LogP contribution in [0.3, 0.4) is 0 Å². The minimum absolute atomic E-state index is 0.558. The molecule has 1 N–H and O–H groups in total. The van der Waals surface area contributed by atoms with Crippen molar-refractivity contribution in [3.05, 3.63) is 58.1 Å². The molecule has 0 saturated heterocycles. The van der Waals surface area contributed by atoms with Crippen molar-refractivity contribution in [3.8, 4) is 5.75 Å². The van der Waals surface area contributed by atoms with Crippen LogP contribution in [0.1, 0.15) is 31.7 Å². The predicted octanol–water partition coefficient (Wildman–Crippen LogP) is 6.17. The Morgan fingerprint density at radius 3 is 2.41 bits per heavy atom. The molecule has 0 aliphatic rings. The summed E-state index contributed by atoms with van der Waals surface area (Å²) in [5, 5.41) is 4.45. The van der Waals surface area contributed by atoms with E-state index in [2.05, 4.69) is 24.4 Å². The molecule has 0 aromatic heterocycles. The lowest BCUT2D eigenvalue weighted by molar-refractivity contribution is 0.306. The fourth-order valence-electron chi connectivity index (χ4n) is 2.06. The van der Waals surface area contributed by atoms with E-state index in [1.54, 1.807) is 6.07 Å². The lowest BCUT2D eigenvalue weighted by Crippen LogP contribution is -2.00. The van der Waals surface area contributed by atoms with Gasteiger partial charge in [0.15, 0.2) is 0 Å². The smallest absolute Gasteiger partial charge is 0.119 e. The van der Waals surface area contributed by atoms with Gasteiger partial charge >= 0.3 is 0 Å². The fourth-order valence-corrected chi connectivity index (χ4v) is 2.35. The number of unbranched alkanes of at least 4 members (excludes halogenated alkanes) is 2. The van der Waals surface area contributed by atoms with Crippen molar-refractivity contribution >= 4 is 28.9 Å². The van der Waals surface area contributed by atoms with Gasteiger partial charge in [0, 0.05) is 12.2 Å². The predicted molar refractivity (Wildman–Crippen MR) is 95.3 cm³/mol. The van der Waals surface area contributed by atoms with Crippen LogP contribution in [-0.4, -0.2) is 6.61 Å². The molecule has 2 aromatic rings. The third kappa shape index (κ3) is 5.43. The summed E-state index contributed by atoms with van der Waals surface area (Å²) in [5.74, 6) is 0.925. The Morgan fingerprint density at radius 1 is 0.955 bits per heavy atom. The van der Waals surface area contributed by atoms with Crippen molar-refractivity contribution < 1.29 is 4.74 Å². The largest absolute Gasteiger partial charge is 0.494 e. The second-order valence-corrected chi connectivity index (χ2v) is 6.00. The molecule has 0 heterocycles. The summed E-state index contributed by atoms with van der Waals surface area (Å²) in [6, 6.07) is 13.7. The average Bonchev–Trinajstić information content (AvgIpc) is 2.54. The first-order chi connectivity index (χ1) is 10.7. The first-order valence-corrected chi connectivity index (χ1v) is 8.35. The number of anilines is 1. The highest BCUT2D eigenvalue weighted by atomic mass is 35.5. The van der Waals surface area contributed by atoms with E-state index < -0.39 is 0 Å². The van der Waals surface area contributed by atoms with Gasteiger partial charge in [0.1, 0.15) is 5.75 Å². The summed E-state index contributed by atoms with van der Waals surface area (Å²) in [5.41, 5.74) is 2.14. The highest BCUT2D eigenvalue weighted by Crippen LogP contribution is 2.25. The molecule has 0 aliphatic carbocycles. The molecule has 0 amide bonds. The van der Waals surface area contributed by atoms with E-state index in [0.29, 0.717) is 10.0 Å². The van der Waals surface area contributed by atoms with Crippen LogP contribution in [0.2, 0.25) is 10.0 Å². The van der Waals surface area contributed by atoms with Gasteiger partial charge in [-0.05, 0) is 42.3 Å². The molecule has 0 fully saturated rings. The normalized spacial score (nSPS) is 10.5. The number of hydrogen-bond acceptors (Lipinski definition) is 2. The van der Waals surface area contributed by atoms with Crippen LogP contribution < -0.4 is 10.1 Å². The van der Waals surface area contributed by atoms with Crippen LogP contribution in [0.4, 0.5) is 5.69 Å². The van der Waals surface area contributed by atoms with Gasteiger partial charge < -0.3 is 10.1 Å². The van der Waals surface area contributed by atoms with Crippen molar-refractivity contribution in [2.45, 2.75) is 32.7 Å². The molecule has 118 valence electrons. The molecule has 22 heavy (non-hydrogen) atoms. The Hall–Kier alpha value is -1.38. The highest BCUT2D eigenvalue weighted by Gasteiger charge is 2.00. The van der Waals surface area contributed by atoms with E-state index in [1.807, 2.05) is 24.3 Å². The van der Waals surface area contributed by atoms with Crippen LogP contribution >= 0.6 is 23.2 Å². The van der Waals surface area contributed by atoms with E-state index >= 15 is 0 Å². The number of rotatable bonds is 8. The molecule has 0 aliphatic heterocycles. The summed E-state index contributed by atoms with van der Waals surface area (Å²) in [6.07, 6.45) is 3.53. The molecule has 0 atom stereocenters. The number of ether oxygens (including phenoxy) is 1. The first kappa shape index (κ1) is 17.0. The van der Waals surface area contributed by atoms with Crippen LogP contribution in [0.25, 0.3) is 0 Å². The molecule has 0 radical (unpaired) electrons. The van der Waals surface area contributed by atoms with E-state index in [-0.39, 0.29) is 0 Å². The van der Waals surface area contributed by atoms with Crippen molar-refractivity contribution in [2.75, 3.05) is 11.9 Å². The van der Waals surface area contributed by atoms with Crippen molar-refractivity contribution in [1.29, 1.82) is 0 Å². The lowest BCUT2D eigenvalue weighted by Gasteiger charge is -2.09. The van der Waals surface area contributed by atoms with Crippen LogP contribution in [0, 0.1) is 0 Å². The van der Waals surface area contributed by atoms with Crippen molar-refractivity contribution in [1.82, 2.24) is 0 Å². The standard InChI is InChI=1S/C18H21Cl2NO/c1-2-3-4-11-22-16-8-5-14(6-9-16)13-21-15-7-10-17(19)18(20)12-15/h5-10,12,21H,2-4,11,13H2,1H3. The number of hydrogen-bond donors (Lipinski definition) is 1. The molecule has 0 spiro atoms. The maximum Gasteiger partial charge on any atom is 0.119 e. The monoisotopic (exact) mass is 337 g/mol. The summed E-state index contributed by atoms with van der Waals surface area (Å²) < 4.78 is 5.70. The summed E-state index contributed by atoms with van der Waals surface area (Å²) >= 11 is 11.9. The summed E-state index contributed by atoms with van der Waals surface area (Å²) in [7, 11) is 0. The van der Waals surface area contributed by atoms with E-state index in [0.717, 1.165) is 31.0 Å². The first-order valence-electron chi connectivity index (χ1n) is 7.59. The van der Waals surface area contributed by atoms with Gasteiger partial charge in [-0.2, -0.15) is 0 Å². The topological polar surface area (TPSA) is 21.3 Å². The Labute approximate surface area is 142 Å². The molecule has 2 nitrogen and oxygen atoms in total. The van der Waals surface area contributed by atoms with Gasteiger partial charge in [0.2, 0.25) is 0 Å². The van der Waals surface area contributed by atoms with Crippen molar-refractivity contribution in [3.63, 3.8) is 0 Å². The maximum absolute atomic E-state index is 6.00. The zero-order valence-electron chi connectivity index (χ0n) is 12.7. The molecule has 4 heteroatoms. The SMILES string of the molecule is CCCCCOc1ccc(CNc2ccc(Cl)c(Cl)c2)cc1. The van der Waals surface area contributed by atoms with Gasteiger partial charge in [-0.3, -0.25) is 0 Å². The van der Waals surface area contributed by atoms with E-state index in [1.165, 1.54) is 18.4 Å². The number of nitrogens with one attached hydrogen (secondary N) is 1.